The minimum Gasteiger partial charge on any atom is -0.324 e. The number of nitrogens with zero attached hydrogens (tertiary/aromatic N) is 4. The fourth-order valence-electron chi connectivity index (χ4n) is 4.05. The third-order valence-corrected chi connectivity index (χ3v) is 7.66. The second-order valence-electron chi connectivity index (χ2n) is 8.82. The van der Waals surface area contributed by atoms with E-state index in [1.807, 2.05) is 20.8 Å². The van der Waals surface area contributed by atoms with Crippen LogP contribution in [-0.4, -0.2) is 67.1 Å². The van der Waals surface area contributed by atoms with Gasteiger partial charge in [0.25, 0.3) is 5.56 Å². The normalized spacial score (nSPS) is 15.1. The molecule has 10 nitrogen and oxygen atoms in total. The van der Waals surface area contributed by atoms with E-state index in [4.69, 9.17) is 11.6 Å². The van der Waals surface area contributed by atoms with E-state index in [0.717, 1.165) is 31.7 Å². The molecule has 0 saturated carbocycles. The van der Waals surface area contributed by atoms with Crippen molar-refractivity contribution in [2.24, 2.45) is 0 Å². The minimum absolute atomic E-state index is 0.115. The Morgan fingerprint density at radius 1 is 1.20 bits per heavy atom. The summed E-state index contributed by atoms with van der Waals surface area (Å²) in [6.07, 6.45) is 1.60. The molecular formula is C23H30ClN7O3S. The van der Waals surface area contributed by atoms with E-state index in [2.05, 4.69) is 30.2 Å². The van der Waals surface area contributed by atoms with Crippen molar-refractivity contribution in [3.8, 4) is 0 Å². The van der Waals surface area contributed by atoms with Gasteiger partial charge in [-0.2, -0.15) is 4.98 Å². The van der Waals surface area contributed by atoms with Crippen LogP contribution in [0.4, 0.5) is 11.6 Å². The van der Waals surface area contributed by atoms with Crippen LogP contribution >= 0.6 is 11.6 Å². The van der Waals surface area contributed by atoms with Crippen molar-refractivity contribution in [2.75, 3.05) is 44.6 Å². The second-order valence-corrected chi connectivity index (χ2v) is 11.0. The highest BCUT2D eigenvalue weighted by Crippen LogP contribution is 2.24. The summed E-state index contributed by atoms with van der Waals surface area (Å²) in [6.45, 7) is 10.3. The summed E-state index contributed by atoms with van der Waals surface area (Å²) < 4.78 is 29.8. The Bertz CT molecular complexity index is 1390. The lowest BCUT2D eigenvalue weighted by Crippen LogP contribution is -2.46. The van der Waals surface area contributed by atoms with Gasteiger partial charge in [-0.25, -0.2) is 18.1 Å². The summed E-state index contributed by atoms with van der Waals surface area (Å²) in [5, 5.41) is 7.18. The van der Waals surface area contributed by atoms with Crippen molar-refractivity contribution >= 4 is 44.3 Å². The molecule has 2 aromatic heterocycles. The number of hydrogen-bond donors (Lipinski definition) is 3. The summed E-state index contributed by atoms with van der Waals surface area (Å²) >= 11 is 6.09. The summed E-state index contributed by atoms with van der Waals surface area (Å²) in [5.41, 5.74) is 1.54. The van der Waals surface area contributed by atoms with Gasteiger partial charge < -0.3 is 10.6 Å². The predicted octanol–water partition coefficient (Wildman–Crippen LogP) is 2.26. The van der Waals surface area contributed by atoms with E-state index >= 15 is 0 Å². The molecule has 0 atom stereocenters. The first-order valence-electron chi connectivity index (χ1n) is 11.5. The molecule has 0 bridgehead atoms. The number of halogens is 1. The number of piperazine rings is 1. The van der Waals surface area contributed by atoms with Gasteiger partial charge in [0.05, 0.1) is 4.90 Å². The zero-order valence-corrected chi connectivity index (χ0v) is 21.6. The number of rotatable bonds is 8. The lowest BCUT2D eigenvalue weighted by molar-refractivity contribution is 0.245. The lowest BCUT2D eigenvalue weighted by atomic mass is 10.2. The molecule has 1 saturated heterocycles. The van der Waals surface area contributed by atoms with Gasteiger partial charge >= 0.3 is 0 Å². The maximum absolute atomic E-state index is 12.8. The lowest BCUT2D eigenvalue weighted by Gasteiger charge is -2.27. The third kappa shape index (κ3) is 5.81. The Labute approximate surface area is 209 Å². The van der Waals surface area contributed by atoms with Gasteiger partial charge in [-0.1, -0.05) is 11.6 Å². The maximum atomic E-state index is 12.8. The van der Waals surface area contributed by atoms with Gasteiger partial charge in [0.2, 0.25) is 16.0 Å². The molecule has 4 rings (SSSR count). The van der Waals surface area contributed by atoms with Crippen molar-refractivity contribution < 1.29 is 8.42 Å². The third-order valence-electron chi connectivity index (χ3n) is 5.93. The molecular weight excluding hydrogens is 490 g/mol. The van der Waals surface area contributed by atoms with Crippen LogP contribution in [0.3, 0.4) is 0 Å². The first kappa shape index (κ1) is 25.5. The zero-order chi connectivity index (χ0) is 25.2. The molecule has 3 N–H and O–H groups in total. The molecule has 3 aromatic rings. The topological polar surface area (TPSA) is 121 Å². The van der Waals surface area contributed by atoms with E-state index in [-0.39, 0.29) is 21.5 Å². The Balaban J connectivity index is 1.51. The molecule has 12 heteroatoms. The molecule has 0 amide bonds. The highest BCUT2D eigenvalue weighted by molar-refractivity contribution is 7.89. The van der Waals surface area contributed by atoms with E-state index in [9.17, 15) is 13.2 Å². The average Bonchev–Trinajstić information content (AvgIpc) is 2.81. The van der Waals surface area contributed by atoms with Gasteiger partial charge in [-0.05, 0) is 50.6 Å². The summed E-state index contributed by atoms with van der Waals surface area (Å²) in [6, 6.07) is 6.26. The molecule has 188 valence electrons. The number of aryl methyl sites for hydroxylation is 1. The van der Waals surface area contributed by atoms with Crippen molar-refractivity contribution in [3.05, 3.63) is 51.4 Å². The molecule has 0 radical (unpaired) electrons. The molecule has 0 unspecified atom stereocenters. The van der Waals surface area contributed by atoms with E-state index < -0.39 is 10.0 Å². The first-order valence-corrected chi connectivity index (χ1v) is 13.4. The molecule has 1 aliphatic heterocycles. The van der Waals surface area contributed by atoms with Gasteiger partial charge in [-0.15, -0.1) is 0 Å². The van der Waals surface area contributed by atoms with Crippen molar-refractivity contribution in [2.45, 2.75) is 31.7 Å². The predicted molar refractivity (Wildman–Crippen MR) is 138 cm³/mol. The van der Waals surface area contributed by atoms with Crippen LogP contribution in [0.15, 0.2) is 40.2 Å². The van der Waals surface area contributed by atoms with Crippen LogP contribution < -0.4 is 20.9 Å². The average molecular weight is 520 g/mol. The number of nitrogens with one attached hydrogen (secondary N) is 3. The zero-order valence-electron chi connectivity index (χ0n) is 20.0. The number of hydrogen-bond acceptors (Lipinski definition) is 8. The fraction of sp³-hybridized carbons (Fsp3) is 0.435. The Kier molecular flexibility index (Phi) is 7.72. The van der Waals surface area contributed by atoms with Crippen LogP contribution in [0.1, 0.15) is 25.5 Å². The van der Waals surface area contributed by atoms with Gasteiger partial charge in [-0.3, -0.25) is 14.3 Å². The summed E-state index contributed by atoms with van der Waals surface area (Å²) in [5.74, 6) is 0.293. The molecule has 1 aromatic carbocycles. The largest absolute Gasteiger partial charge is 0.324 e. The molecule has 1 fully saturated rings. The molecule has 1 aliphatic rings. The number of pyridine rings is 1. The van der Waals surface area contributed by atoms with Crippen molar-refractivity contribution in [3.63, 3.8) is 0 Å². The van der Waals surface area contributed by atoms with Crippen LogP contribution in [0.25, 0.3) is 11.0 Å². The van der Waals surface area contributed by atoms with Crippen LogP contribution in [0.2, 0.25) is 5.02 Å². The summed E-state index contributed by atoms with van der Waals surface area (Å²) in [4.78, 5) is 23.8. The molecule has 0 spiro atoms. The number of anilines is 2. The van der Waals surface area contributed by atoms with Gasteiger partial charge in [0.1, 0.15) is 10.7 Å². The Hall–Kier alpha value is -2.57. The van der Waals surface area contributed by atoms with Crippen LogP contribution in [-0.2, 0) is 10.0 Å². The molecule has 0 aliphatic carbocycles. The SMILES string of the molecule is Cc1cc(S(=O)(=O)NCCN2CCNCC2)ccc1Nc1ncc2cc(Cl)c(=O)n(C(C)C)c2n1. The number of sulfonamides is 1. The smallest absolute Gasteiger partial charge is 0.271 e. The highest BCUT2D eigenvalue weighted by Gasteiger charge is 2.17. The van der Waals surface area contributed by atoms with Crippen LogP contribution in [0.5, 0.6) is 0 Å². The first-order chi connectivity index (χ1) is 16.7. The Morgan fingerprint density at radius 3 is 2.63 bits per heavy atom. The van der Waals surface area contributed by atoms with E-state index in [0.29, 0.717) is 35.8 Å². The molecule has 35 heavy (non-hydrogen) atoms. The van der Waals surface area contributed by atoms with Gasteiger partial charge in [0.15, 0.2) is 0 Å². The number of aromatic nitrogens is 3. The quantitative estimate of drug-likeness (QED) is 0.414. The Morgan fingerprint density at radius 2 is 1.94 bits per heavy atom. The summed E-state index contributed by atoms with van der Waals surface area (Å²) in [7, 11) is -3.63. The van der Waals surface area contributed by atoms with Crippen molar-refractivity contribution in [1.82, 2.24) is 29.5 Å². The minimum atomic E-state index is -3.63. The number of fused-ring (bicyclic) bond motifs is 1. The second kappa shape index (κ2) is 10.6. The van der Waals surface area contributed by atoms with E-state index in [1.54, 1.807) is 30.5 Å². The van der Waals surface area contributed by atoms with Crippen LogP contribution in [0, 0.1) is 6.92 Å². The standard InChI is InChI=1S/C23H30ClN7O3S/c1-15(2)31-21-17(13-19(24)22(31)32)14-26-23(29-21)28-20-5-4-18(12-16(20)3)35(33,34)27-8-11-30-9-6-25-7-10-30/h4-5,12-15,25,27H,6-11H2,1-3H3,(H,26,28,29). The van der Waals surface area contributed by atoms with Crippen molar-refractivity contribution in [1.29, 1.82) is 0 Å². The maximum Gasteiger partial charge on any atom is 0.271 e. The van der Waals surface area contributed by atoms with Gasteiger partial charge in [0, 0.05) is 62.6 Å². The highest BCUT2D eigenvalue weighted by atomic mass is 35.5. The monoisotopic (exact) mass is 519 g/mol. The van der Waals surface area contributed by atoms with E-state index in [1.165, 1.54) is 4.57 Å². The fourth-order valence-corrected chi connectivity index (χ4v) is 5.36. The number of benzene rings is 1. The molecule has 3 heterocycles.